The fraction of sp³-hybridized carbons (Fsp3) is 0.935. The van der Waals surface area contributed by atoms with Crippen LogP contribution in [0.25, 0.3) is 0 Å². The Morgan fingerprint density at radius 3 is 1.09 bits per heavy atom. The van der Waals surface area contributed by atoms with Crippen molar-refractivity contribution in [2.24, 2.45) is 5.92 Å². The molecule has 25 nitrogen and oxygen atoms in total. The van der Waals surface area contributed by atoms with Crippen LogP contribution in [0.3, 0.4) is 0 Å². The van der Waals surface area contributed by atoms with E-state index in [9.17, 15) is 74.6 Å². The van der Waals surface area contributed by atoms with Gasteiger partial charge in [-0.15, -0.1) is 0 Å². The summed E-state index contributed by atoms with van der Waals surface area (Å²) in [6.07, 6.45) is 29.0. The zero-order valence-electron chi connectivity index (χ0n) is 74.8. The van der Waals surface area contributed by atoms with E-state index < -0.39 is 162 Å². The number of phosphoric acid groups is 1. The van der Waals surface area contributed by atoms with Crippen LogP contribution < -0.4 is 0 Å². The molecule has 2 heterocycles. The Labute approximate surface area is 718 Å². The second kappa shape index (κ2) is 71.3. The maximum Gasteiger partial charge on any atom is 0.472 e. The highest BCUT2D eigenvalue weighted by Crippen LogP contribution is 2.49. The number of carbonyl (C=O) groups is 4. The zero-order valence-corrected chi connectivity index (χ0v) is 75.7. The molecule has 0 spiro atoms. The van der Waals surface area contributed by atoms with E-state index in [1.165, 1.54) is 180 Å². The van der Waals surface area contributed by atoms with Crippen molar-refractivity contribution in [2.75, 3.05) is 26.4 Å². The average Bonchev–Trinajstić information content (AvgIpc) is 0.754. The van der Waals surface area contributed by atoms with Crippen LogP contribution in [0.15, 0.2) is 12.2 Å². The molecule has 1 saturated carbocycles. The fourth-order valence-corrected chi connectivity index (χ4v) is 17.1. The average molecular weight is 1720 g/mol. The normalized spacial score (nSPS) is 25.1. The molecule has 0 aromatic rings. The predicted molar refractivity (Wildman–Crippen MR) is 463 cm³/mol. The van der Waals surface area contributed by atoms with Crippen molar-refractivity contribution in [2.45, 2.75) is 524 Å². The van der Waals surface area contributed by atoms with Crippen LogP contribution in [0, 0.1) is 5.92 Å². The molecule has 0 amide bonds. The second-order valence-corrected chi connectivity index (χ2v) is 36.3. The molecule has 0 aromatic carbocycles. The van der Waals surface area contributed by atoms with Crippen LogP contribution >= 0.6 is 7.82 Å². The van der Waals surface area contributed by atoms with Gasteiger partial charge in [-0.05, 0) is 57.3 Å². The monoisotopic (exact) mass is 1720 g/mol. The van der Waals surface area contributed by atoms with E-state index in [0.717, 1.165) is 141 Å². The van der Waals surface area contributed by atoms with Crippen LogP contribution in [0.2, 0.25) is 0 Å². The van der Waals surface area contributed by atoms with Crippen molar-refractivity contribution < 1.29 is 122 Å². The van der Waals surface area contributed by atoms with Crippen LogP contribution in [0.5, 0.6) is 0 Å². The molecule has 3 rings (SSSR count). The van der Waals surface area contributed by atoms with Crippen LogP contribution in [-0.2, 0) is 70.7 Å². The van der Waals surface area contributed by atoms with E-state index in [0.29, 0.717) is 44.4 Å². The van der Waals surface area contributed by atoms with E-state index in [2.05, 4.69) is 46.8 Å². The number of aliphatic hydroxyl groups is 9. The maximum absolute atomic E-state index is 14.9. The van der Waals surface area contributed by atoms with Gasteiger partial charge < -0.3 is 88.7 Å². The van der Waals surface area contributed by atoms with Crippen molar-refractivity contribution in [1.29, 1.82) is 0 Å². The minimum absolute atomic E-state index is 0.0182. The third-order valence-corrected chi connectivity index (χ3v) is 24.9. The molecule has 19 atom stereocenters. The van der Waals surface area contributed by atoms with Gasteiger partial charge in [0.1, 0.15) is 92.6 Å². The Morgan fingerprint density at radius 1 is 0.353 bits per heavy atom. The second-order valence-electron chi connectivity index (χ2n) is 34.9. The van der Waals surface area contributed by atoms with Gasteiger partial charge in [0.05, 0.1) is 13.2 Å². The number of allylic oxidation sites excluding steroid dienone is 2. The van der Waals surface area contributed by atoms with E-state index in [-0.39, 0.29) is 25.7 Å². The lowest BCUT2D eigenvalue weighted by atomic mass is 9.84. The van der Waals surface area contributed by atoms with Gasteiger partial charge in [0.25, 0.3) is 0 Å². The van der Waals surface area contributed by atoms with Crippen molar-refractivity contribution in [3.8, 4) is 0 Å². The third-order valence-electron chi connectivity index (χ3n) is 23.9. The number of hydrogen-bond donors (Lipinski definition) is 10. The van der Waals surface area contributed by atoms with Crippen LogP contribution in [0.4, 0.5) is 0 Å². The molecule has 0 aromatic heterocycles. The van der Waals surface area contributed by atoms with Crippen molar-refractivity contribution in [3.05, 3.63) is 12.2 Å². The highest BCUT2D eigenvalue weighted by Gasteiger charge is 2.60. The molecule has 2 saturated heterocycles. The lowest BCUT2D eigenvalue weighted by Crippen LogP contribution is -2.70. The van der Waals surface area contributed by atoms with E-state index in [1.54, 1.807) is 0 Å². The first kappa shape index (κ1) is 110. The quantitative estimate of drug-likeness (QED) is 0.00889. The molecule has 26 heteroatoms. The summed E-state index contributed by atoms with van der Waals surface area (Å²) in [4.78, 5) is 66.6. The minimum atomic E-state index is -5.81. The Bertz CT molecular complexity index is 2530. The maximum atomic E-state index is 14.9. The van der Waals surface area contributed by atoms with Gasteiger partial charge in [-0.2, -0.15) is 0 Å². The van der Waals surface area contributed by atoms with E-state index >= 15 is 0 Å². The lowest BCUT2D eigenvalue weighted by molar-refractivity contribution is -0.360. The summed E-state index contributed by atoms with van der Waals surface area (Å²) in [6, 6.07) is 0. The number of aliphatic hydroxyl groups excluding tert-OH is 9. The molecular weight excluding hydrogens is 1550 g/mol. The van der Waals surface area contributed by atoms with Gasteiger partial charge in [0.2, 0.25) is 0 Å². The smallest absolute Gasteiger partial charge is 0.463 e. The number of phosphoric ester groups is 1. The molecule has 3 aliphatic rings. The van der Waals surface area contributed by atoms with Gasteiger partial charge in [-0.1, -0.05) is 355 Å². The number of esters is 4. The van der Waals surface area contributed by atoms with Crippen LogP contribution in [0.1, 0.15) is 420 Å². The molecule has 2 aliphatic heterocycles. The molecule has 10 N–H and O–H groups in total. The third kappa shape index (κ3) is 51.6. The van der Waals surface area contributed by atoms with Gasteiger partial charge in [0, 0.05) is 25.7 Å². The number of unbranched alkanes of at least 4 members (excludes halogenated alkanes) is 48. The largest absolute Gasteiger partial charge is 0.472 e. The van der Waals surface area contributed by atoms with Crippen molar-refractivity contribution in [1.82, 2.24) is 0 Å². The SMILES string of the molecule is CCCCCC/C=C\CCCCCCCCCC(=O)OC(COC(=O)CCCCCCCCC(C)CCCCCCCC)COP(=O)(O)OC1C(OC2OC(CO)C(O)C(O)C2O)C(O)C(O)C(OC(=O)CCCCCCCCCCCCCCCCCC)C1OC1OC(COC(=O)CCCCCCCCCCCCCCC)C(O)C(O)C1O. The molecular formula is C93H173O25P. The molecule has 119 heavy (non-hydrogen) atoms. The summed E-state index contributed by atoms with van der Waals surface area (Å²) in [5, 5.41) is 102. The van der Waals surface area contributed by atoms with Crippen molar-refractivity contribution in [3.63, 3.8) is 0 Å². The lowest BCUT2D eigenvalue weighted by Gasteiger charge is -2.50. The Balaban J connectivity index is 1.92. The number of hydrogen-bond acceptors (Lipinski definition) is 24. The van der Waals surface area contributed by atoms with E-state index in [1.807, 2.05) is 0 Å². The molecule has 19 unspecified atom stereocenters. The van der Waals surface area contributed by atoms with Gasteiger partial charge in [-0.3, -0.25) is 28.2 Å². The van der Waals surface area contributed by atoms with Gasteiger partial charge in [-0.25, -0.2) is 4.57 Å². The summed E-state index contributed by atoms with van der Waals surface area (Å²) in [5.74, 6) is -2.27. The highest BCUT2D eigenvalue weighted by molar-refractivity contribution is 7.47. The summed E-state index contributed by atoms with van der Waals surface area (Å²) < 4.78 is 73.6. The standard InChI is InChI=1S/C93H173O25P/c1-6-10-14-18-22-25-28-31-33-35-38-41-44-47-55-61-67-79(98)115-88-84(103)85(104)89(116-92-86(105)82(101)80(99)74(68-94)113-92)91(90(88)117-93-87(106)83(102)81(100)75(114-93)71-110-77(96)65-59-52-45-42-39-36-30-27-24-20-16-12-8-3)118-119(107,108)111-70-73(112-78(97)66-60-54-46-43-40-37-34-32-29-26-23-19-15-11-7-2)69-109-76(95)64-58-53-49-48-51-57-63-72(5)62-56-50-21-17-13-9-4/h26,29,72-75,80-94,99-106H,6-25,27-28,30-71H2,1-5H3,(H,107,108)/b29-26-. The van der Waals surface area contributed by atoms with Gasteiger partial charge in [0.15, 0.2) is 24.8 Å². The fourth-order valence-electron chi connectivity index (χ4n) is 16.1. The van der Waals surface area contributed by atoms with E-state index in [4.69, 9.17) is 46.9 Å². The summed E-state index contributed by atoms with van der Waals surface area (Å²) >= 11 is 0. The first-order chi connectivity index (χ1) is 57.6. The molecule has 1 aliphatic carbocycles. The summed E-state index contributed by atoms with van der Waals surface area (Å²) in [6.45, 7) is 7.95. The van der Waals surface area contributed by atoms with Gasteiger partial charge >= 0.3 is 31.7 Å². The molecule has 0 bridgehead atoms. The zero-order chi connectivity index (χ0) is 86.9. The topological polar surface area (TPSA) is 380 Å². The van der Waals surface area contributed by atoms with Crippen molar-refractivity contribution >= 4 is 31.7 Å². The molecule has 3 fully saturated rings. The Morgan fingerprint density at radius 2 is 0.681 bits per heavy atom. The molecule has 700 valence electrons. The first-order valence-electron chi connectivity index (χ1n) is 48.3. The number of carbonyl (C=O) groups excluding carboxylic acids is 4. The Hall–Kier alpha value is -2.79. The number of ether oxygens (including phenoxy) is 8. The summed E-state index contributed by atoms with van der Waals surface area (Å²) in [7, 11) is -5.81. The predicted octanol–water partition coefficient (Wildman–Crippen LogP) is 18.2. The molecule has 0 radical (unpaired) electrons. The minimum Gasteiger partial charge on any atom is -0.463 e. The number of rotatable bonds is 78. The van der Waals surface area contributed by atoms with Crippen LogP contribution in [-0.4, -0.2) is 205 Å². The first-order valence-corrected chi connectivity index (χ1v) is 49.8. The summed E-state index contributed by atoms with van der Waals surface area (Å²) in [5.41, 5.74) is 0. The Kier molecular flexibility index (Phi) is 66.1. The highest BCUT2D eigenvalue weighted by atomic mass is 31.2.